The van der Waals surface area contributed by atoms with E-state index in [1.807, 2.05) is 60.7 Å². The maximum Gasteiger partial charge on any atom is 0.131 e. The summed E-state index contributed by atoms with van der Waals surface area (Å²) < 4.78 is 1.09. The molecule has 1 heterocycles. The summed E-state index contributed by atoms with van der Waals surface area (Å²) in [7, 11) is 0. The van der Waals surface area contributed by atoms with Gasteiger partial charge in [0.1, 0.15) is 5.01 Å². The summed E-state index contributed by atoms with van der Waals surface area (Å²) >= 11 is 2.80. The molecule has 0 bridgehead atoms. The SMILES string of the molecule is O=C([O-])CS/C(=C\c1ccccc1)c1nc2ccccc2s1. The molecule has 0 saturated heterocycles. The fourth-order valence-corrected chi connectivity index (χ4v) is 3.82. The van der Waals surface area contributed by atoms with Gasteiger partial charge in [-0.25, -0.2) is 4.98 Å². The summed E-state index contributed by atoms with van der Waals surface area (Å²) in [5.74, 6) is -1.17. The summed E-state index contributed by atoms with van der Waals surface area (Å²) in [5, 5.41) is 11.6. The molecule has 0 aliphatic heterocycles. The maximum absolute atomic E-state index is 10.8. The van der Waals surface area contributed by atoms with Gasteiger partial charge in [-0.2, -0.15) is 0 Å². The predicted octanol–water partition coefficient (Wildman–Crippen LogP) is 3.28. The molecule has 3 rings (SSSR count). The molecule has 0 aliphatic carbocycles. The van der Waals surface area contributed by atoms with Gasteiger partial charge in [0.25, 0.3) is 0 Å². The minimum atomic E-state index is -1.08. The summed E-state index contributed by atoms with van der Waals surface area (Å²) in [4.78, 5) is 16.2. The van der Waals surface area contributed by atoms with Gasteiger partial charge in [0.15, 0.2) is 0 Å². The van der Waals surface area contributed by atoms with Crippen LogP contribution < -0.4 is 5.11 Å². The van der Waals surface area contributed by atoms with Gasteiger partial charge in [0.05, 0.1) is 16.2 Å². The van der Waals surface area contributed by atoms with E-state index in [0.29, 0.717) is 0 Å². The average Bonchev–Trinajstić information content (AvgIpc) is 2.96. The molecular formula is C17H12NO2S2-. The summed E-state index contributed by atoms with van der Waals surface area (Å²) in [6.45, 7) is 0. The number of fused-ring (bicyclic) bond motifs is 1. The molecule has 0 radical (unpaired) electrons. The monoisotopic (exact) mass is 326 g/mol. The third-order valence-electron chi connectivity index (χ3n) is 2.95. The summed E-state index contributed by atoms with van der Waals surface area (Å²) in [6, 6.07) is 17.7. The molecule has 0 unspecified atom stereocenters. The van der Waals surface area contributed by atoms with Gasteiger partial charge in [0.2, 0.25) is 0 Å². The molecule has 0 N–H and O–H groups in total. The quantitative estimate of drug-likeness (QED) is 0.722. The van der Waals surface area contributed by atoms with Gasteiger partial charge in [-0.15, -0.1) is 23.1 Å². The normalized spacial score (nSPS) is 11.7. The predicted molar refractivity (Wildman–Crippen MR) is 91.4 cm³/mol. The number of rotatable bonds is 5. The third kappa shape index (κ3) is 3.55. The van der Waals surface area contributed by atoms with E-state index >= 15 is 0 Å². The Morgan fingerprint density at radius 3 is 2.59 bits per heavy atom. The zero-order valence-corrected chi connectivity index (χ0v) is 13.2. The van der Waals surface area contributed by atoms with Crippen molar-refractivity contribution in [3.8, 4) is 0 Å². The molecule has 22 heavy (non-hydrogen) atoms. The first-order valence-corrected chi connectivity index (χ1v) is 8.48. The number of carboxylic acid groups (broad SMARTS) is 1. The van der Waals surface area contributed by atoms with E-state index in [-0.39, 0.29) is 5.75 Å². The molecule has 1 aromatic heterocycles. The standard InChI is InChI=1S/C17H13NO2S2/c19-16(20)11-21-15(10-12-6-2-1-3-7-12)17-18-13-8-4-5-9-14(13)22-17/h1-10H,11H2,(H,19,20)/p-1/b15-10-. The number of aromatic nitrogens is 1. The van der Waals surface area contributed by atoms with E-state index in [1.165, 1.54) is 11.8 Å². The highest BCUT2D eigenvalue weighted by molar-refractivity contribution is 8.09. The number of carboxylic acids is 1. The van der Waals surface area contributed by atoms with Crippen molar-refractivity contribution < 1.29 is 9.90 Å². The van der Waals surface area contributed by atoms with Gasteiger partial charge in [-0.1, -0.05) is 42.5 Å². The van der Waals surface area contributed by atoms with Gasteiger partial charge < -0.3 is 9.90 Å². The summed E-state index contributed by atoms with van der Waals surface area (Å²) in [6.07, 6.45) is 1.96. The van der Waals surface area contributed by atoms with Crippen LogP contribution in [0.3, 0.4) is 0 Å². The van der Waals surface area contributed by atoms with E-state index in [0.717, 1.165) is 25.7 Å². The van der Waals surface area contributed by atoms with Crippen molar-refractivity contribution in [1.82, 2.24) is 4.98 Å². The number of thiazole rings is 1. The van der Waals surface area contributed by atoms with Crippen molar-refractivity contribution in [2.45, 2.75) is 0 Å². The van der Waals surface area contributed by atoms with Crippen LogP contribution in [0.25, 0.3) is 21.2 Å². The number of carbonyl (C=O) groups excluding carboxylic acids is 1. The van der Waals surface area contributed by atoms with Crippen LogP contribution in [0.4, 0.5) is 0 Å². The Morgan fingerprint density at radius 1 is 1.14 bits per heavy atom. The van der Waals surface area contributed by atoms with E-state index in [4.69, 9.17) is 0 Å². The van der Waals surface area contributed by atoms with E-state index in [1.54, 1.807) is 11.3 Å². The third-order valence-corrected chi connectivity index (χ3v) is 5.15. The van der Waals surface area contributed by atoms with Crippen molar-refractivity contribution in [2.75, 3.05) is 5.75 Å². The van der Waals surface area contributed by atoms with Crippen molar-refractivity contribution in [3.63, 3.8) is 0 Å². The molecule has 2 aromatic carbocycles. The number of hydrogen-bond acceptors (Lipinski definition) is 5. The minimum Gasteiger partial charge on any atom is -0.549 e. The molecule has 110 valence electrons. The van der Waals surface area contributed by atoms with Crippen LogP contribution in [0.5, 0.6) is 0 Å². The Morgan fingerprint density at radius 2 is 1.86 bits per heavy atom. The topological polar surface area (TPSA) is 53.0 Å². The van der Waals surface area contributed by atoms with E-state index in [2.05, 4.69) is 4.98 Å². The Hall–Kier alpha value is -2.11. The zero-order valence-electron chi connectivity index (χ0n) is 11.6. The van der Waals surface area contributed by atoms with Crippen LogP contribution in [0.1, 0.15) is 10.6 Å². The van der Waals surface area contributed by atoms with Crippen LogP contribution >= 0.6 is 23.1 Å². The highest BCUT2D eigenvalue weighted by Gasteiger charge is 2.10. The lowest BCUT2D eigenvalue weighted by Crippen LogP contribution is -2.24. The smallest absolute Gasteiger partial charge is 0.131 e. The van der Waals surface area contributed by atoms with Crippen LogP contribution in [-0.4, -0.2) is 16.7 Å². The molecule has 3 nitrogen and oxygen atoms in total. The molecule has 0 aliphatic rings. The number of carbonyl (C=O) groups is 1. The number of para-hydroxylation sites is 1. The number of hydrogen-bond donors (Lipinski definition) is 0. The van der Waals surface area contributed by atoms with Gasteiger partial charge >= 0.3 is 0 Å². The van der Waals surface area contributed by atoms with Crippen LogP contribution in [0, 0.1) is 0 Å². The number of nitrogens with zero attached hydrogens (tertiary/aromatic N) is 1. The Balaban J connectivity index is 2.00. The molecule has 5 heteroatoms. The molecule has 0 spiro atoms. The van der Waals surface area contributed by atoms with E-state index < -0.39 is 5.97 Å². The van der Waals surface area contributed by atoms with Crippen LogP contribution in [0.15, 0.2) is 54.6 Å². The number of benzene rings is 2. The van der Waals surface area contributed by atoms with Crippen LogP contribution in [-0.2, 0) is 4.79 Å². The highest BCUT2D eigenvalue weighted by Crippen LogP contribution is 2.35. The molecular weight excluding hydrogens is 314 g/mol. The lowest BCUT2D eigenvalue weighted by atomic mass is 10.2. The summed E-state index contributed by atoms with van der Waals surface area (Å²) in [5.41, 5.74) is 1.94. The van der Waals surface area contributed by atoms with Gasteiger partial charge in [-0.05, 0) is 23.8 Å². The number of thioether (sulfide) groups is 1. The molecule has 0 amide bonds. The Kier molecular flexibility index (Phi) is 4.56. The van der Waals surface area contributed by atoms with Gasteiger partial charge in [0, 0.05) is 10.7 Å². The first-order chi connectivity index (χ1) is 10.7. The molecule has 0 fully saturated rings. The first kappa shape index (κ1) is 14.8. The van der Waals surface area contributed by atoms with Crippen LogP contribution in [0.2, 0.25) is 0 Å². The fourth-order valence-electron chi connectivity index (χ4n) is 1.98. The Labute approximate surface area is 136 Å². The second-order valence-electron chi connectivity index (χ2n) is 4.57. The molecule has 3 aromatic rings. The van der Waals surface area contributed by atoms with Crippen molar-refractivity contribution >= 4 is 50.3 Å². The average molecular weight is 326 g/mol. The Bertz CT molecular complexity index is 792. The van der Waals surface area contributed by atoms with Crippen molar-refractivity contribution in [1.29, 1.82) is 0 Å². The molecule has 0 atom stereocenters. The van der Waals surface area contributed by atoms with Crippen molar-refractivity contribution in [2.24, 2.45) is 0 Å². The highest BCUT2D eigenvalue weighted by atomic mass is 32.2. The first-order valence-electron chi connectivity index (χ1n) is 6.68. The molecule has 0 saturated carbocycles. The van der Waals surface area contributed by atoms with Gasteiger partial charge in [-0.3, -0.25) is 0 Å². The lowest BCUT2D eigenvalue weighted by Gasteiger charge is -2.05. The van der Waals surface area contributed by atoms with E-state index in [9.17, 15) is 9.90 Å². The lowest BCUT2D eigenvalue weighted by molar-refractivity contribution is -0.301. The zero-order chi connectivity index (χ0) is 15.4. The fraction of sp³-hybridized carbons (Fsp3) is 0.0588. The number of aliphatic carboxylic acids is 1. The minimum absolute atomic E-state index is 0.0887. The van der Waals surface area contributed by atoms with Crippen molar-refractivity contribution in [3.05, 3.63) is 65.2 Å². The second-order valence-corrected chi connectivity index (χ2v) is 6.61. The maximum atomic E-state index is 10.8. The second kappa shape index (κ2) is 6.77. The largest absolute Gasteiger partial charge is 0.549 e.